The van der Waals surface area contributed by atoms with Crippen LogP contribution in [0.5, 0.6) is 5.75 Å². The van der Waals surface area contributed by atoms with Crippen LogP contribution in [0.4, 0.5) is 5.69 Å². The first-order valence-electron chi connectivity index (χ1n) is 8.42. The van der Waals surface area contributed by atoms with Crippen molar-refractivity contribution in [2.45, 2.75) is 39.8 Å². The first-order chi connectivity index (χ1) is 12.1. The number of para-hydroxylation sites is 2. The van der Waals surface area contributed by atoms with Gasteiger partial charge in [0.05, 0.1) is 23.7 Å². The number of oxime groups is 1. The minimum Gasteiger partial charge on any atom is -0.492 e. The number of aromatic nitrogens is 2. The molecule has 1 aliphatic heterocycles. The van der Waals surface area contributed by atoms with Gasteiger partial charge >= 0.3 is 0 Å². The molecule has 0 saturated carbocycles. The number of anilines is 1. The van der Waals surface area contributed by atoms with Crippen molar-refractivity contribution in [3.8, 4) is 5.75 Å². The molecule has 7 nitrogen and oxygen atoms in total. The molecular formula is C18H22N4O3. The summed E-state index contributed by atoms with van der Waals surface area (Å²) in [4.78, 5) is 17.9. The van der Waals surface area contributed by atoms with Crippen LogP contribution >= 0.6 is 0 Å². The first-order valence-corrected chi connectivity index (χ1v) is 8.42. The zero-order valence-electron chi connectivity index (χ0n) is 14.7. The Morgan fingerprint density at radius 1 is 1.40 bits per heavy atom. The Hall–Kier alpha value is -2.83. The summed E-state index contributed by atoms with van der Waals surface area (Å²) in [7, 11) is 0. The lowest BCUT2D eigenvalue weighted by Gasteiger charge is -2.13. The van der Waals surface area contributed by atoms with Gasteiger partial charge in [-0.15, -0.1) is 0 Å². The normalized spacial score (nSPS) is 16.3. The topological polar surface area (TPSA) is 77.7 Å². The van der Waals surface area contributed by atoms with Gasteiger partial charge in [-0.05, 0) is 32.9 Å². The largest absolute Gasteiger partial charge is 0.492 e. The highest BCUT2D eigenvalue weighted by molar-refractivity contribution is 6.06. The van der Waals surface area contributed by atoms with E-state index in [0.29, 0.717) is 24.5 Å². The monoisotopic (exact) mass is 342 g/mol. The summed E-state index contributed by atoms with van der Waals surface area (Å²) in [6.45, 7) is 7.16. The van der Waals surface area contributed by atoms with Crippen LogP contribution in [0.2, 0.25) is 0 Å². The van der Waals surface area contributed by atoms with Gasteiger partial charge in [-0.1, -0.05) is 17.3 Å². The van der Waals surface area contributed by atoms with E-state index in [2.05, 4.69) is 15.6 Å². The summed E-state index contributed by atoms with van der Waals surface area (Å²) in [6, 6.07) is 7.33. The summed E-state index contributed by atoms with van der Waals surface area (Å²) in [5.74, 6) is 0.393. The quantitative estimate of drug-likeness (QED) is 0.875. The second kappa shape index (κ2) is 7.38. The van der Waals surface area contributed by atoms with Crippen LogP contribution in [0, 0.1) is 6.92 Å². The second-order valence-electron chi connectivity index (χ2n) is 5.74. The Balaban J connectivity index is 1.67. The van der Waals surface area contributed by atoms with Gasteiger partial charge < -0.3 is 14.9 Å². The number of nitrogens with one attached hydrogen (secondary N) is 1. The van der Waals surface area contributed by atoms with E-state index in [9.17, 15) is 4.79 Å². The van der Waals surface area contributed by atoms with Crippen LogP contribution in [-0.2, 0) is 16.2 Å². The molecule has 1 aromatic heterocycles. The molecule has 1 unspecified atom stereocenters. The number of carbonyl (C=O) groups excluding carboxylic acids is 1. The molecule has 0 spiro atoms. The zero-order valence-corrected chi connectivity index (χ0v) is 14.7. The second-order valence-corrected chi connectivity index (χ2v) is 5.74. The number of rotatable bonds is 6. The van der Waals surface area contributed by atoms with Crippen molar-refractivity contribution in [3.63, 3.8) is 0 Å². The van der Waals surface area contributed by atoms with Crippen LogP contribution in [0.25, 0.3) is 0 Å². The van der Waals surface area contributed by atoms with Crippen LogP contribution in [0.1, 0.15) is 31.5 Å². The van der Waals surface area contributed by atoms with E-state index in [1.54, 1.807) is 6.07 Å². The SMILES string of the molecule is CCOc1ccccc1NC(=O)C1CC(c2cn(CC)nc2C)=NO1. The fourth-order valence-corrected chi connectivity index (χ4v) is 2.70. The minimum atomic E-state index is -0.658. The third kappa shape index (κ3) is 3.65. The number of benzene rings is 1. The fraction of sp³-hybridized carbons (Fsp3) is 0.389. The fourth-order valence-electron chi connectivity index (χ4n) is 2.70. The molecule has 0 saturated heterocycles. The molecule has 1 aliphatic rings. The number of amides is 1. The summed E-state index contributed by atoms with van der Waals surface area (Å²) in [5, 5.41) is 11.4. The molecule has 1 N–H and O–H groups in total. The molecule has 1 atom stereocenters. The third-order valence-electron chi connectivity index (χ3n) is 3.99. The summed E-state index contributed by atoms with van der Waals surface area (Å²) in [5.41, 5.74) is 3.18. The van der Waals surface area contributed by atoms with Gasteiger partial charge in [0.2, 0.25) is 6.10 Å². The van der Waals surface area contributed by atoms with Crippen molar-refractivity contribution in [2.75, 3.05) is 11.9 Å². The lowest BCUT2D eigenvalue weighted by atomic mass is 10.1. The van der Waals surface area contributed by atoms with E-state index in [4.69, 9.17) is 9.57 Å². The lowest BCUT2D eigenvalue weighted by Crippen LogP contribution is -2.28. The van der Waals surface area contributed by atoms with Crippen molar-refractivity contribution in [1.29, 1.82) is 0 Å². The summed E-state index contributed by atoms with van der Waals surface area (Å²) >= 11 is 0. The summed E-state index contributed by atoms with van der Waals surface area (Å²) < 4.78 is 7.37. The maximum Gasteiger partial charge on any atom is 0.268 e. The standard InChI is InChI=1S/C18H22N4O3/c1-4-22-11-13(12(3)20-22)15-10-17(25-21-15)18(23)19-14-8-6-7-9-16(14)24-5-2/h6-9,11,17H,4-5,10H2,1-3H3,(H,19,23). The Bertz CT molecular complexity index is 797. The average molecular weight is 342 g/mol. The Labute approximate surface area is 146 Å². The molecule has 2 aromatic rings. The van der Waals surface area contributed by atoms with Crippen LogP contribution in [-0.4, -0.2) is 34.1 Å². The number of nitrogens with zero attached hydrogens (tertiary/aromatic N) is 3. The number of ether oxygens (including phenoxy) is 1. The predicted octanol–water partition coefficient (Wildman–Crippen LogP) is 2.74. The van der Waals surface area contributed by atoms with Gasteiger partial charge in [0.15, 0.2) is 0 Å². The highest BCUT2D eigenvalue weighted by Crippen LogP contribution is 2.25. The van der Waals surface area contributed by atoms with Crippen molar-refractivity contribution >= 4 is 17.3 Å². The average Bonchev–Trinajstić information content (AvgIpc) is 3.23. The Kier molecular flexibility index (Phi) is 5.02. The van der Waals surface area contributed by atoms with Gasteiger partial charge in [0, 0.05) is 24.7 Å². The third-order valence-corrected chi connectivity index (χ3v) is 3.99. The molecule has 3 rings (SSSR count). The Morgan fingerprint density at radius 3 is 2.92 bits per heavy atom. The number of hydrogen-bond acceptors (Lipinski definition) is 5. The smallest absolute Gasteiger partial charge is 0.268 e. The van der Waals surface area contributed by atoms with E-state index in [0.717, 1.165) is 23.5 Å². The number of aryl methyl sites for hydroxylation is 2. The molecule has 0 aliphatic carbocycles. The lowest BCUT2D eigenvalue weighted by molar-refractivity contribution is -0.125. The van der Waals surface area contributed by atoms with Gasteiger partial charge in [-0.3, -0.25) is 9.48 Å². The maximum atomic E-state index is 12.5. The molecule has 25 heavy (non-hydrogen) atoms. The van der Waals surface area contributed by atoms with Crippen molar-refractivity contribution < 1.29 is 14.4 Å². The van der Waals surface area contributed by atoms with Crippen LogP contribution in [0.15, 0.2) is 35.6 Å². The van der Waals surface area contributed by atoms with E-state index in [-0.39, 0.29) is 5.91 Å². The first kappa shape index (κ1) is 17.0. The van der Waals surface area contributed by atoms with Crippen LogP contribution < -0.4 is 10.1 Å². The van der Waals surface area contributed by atoms with E-state index in [1.165, 1.54) is 0 Å². The van der Waals surface area contributed by atoms with Gasteiger partial charge in [-0.2, -0.15) is 5.10 Å². The molecule has 132 valence electrons. The Morgan fingerprint density at radius 2 is 2.20 bits per heavy atom. The summed E-state index contributed by atoms with van der Waals surface area (Å²) in [6.07, 6.45) is 1.69. The van der Waals surface area contributed by atoms with E-state index < -0.39 is 6.10 Å². The molecule has 0 radical (unpaired) electrons. The van der Waals surface area contributed by atoms with Gasteiger partial charge in [0.1, 0.15) is 5.75 Å². The zero-order chi connectivity index (χ0) is 17.8. The maximum absolute atomic E-state index is 12.5. The molecule has 2 heterocycles. The van der Waals surface area contributed by atoms with Gasteiger partial charge in [-0.25, -0.2) is 0 Å². The molecular weight excluding hydrogens is 320 g/mol. The molecule has 0 fully saturated rings. The molecule has 1 aromatic carbocycles. The van der Waals surface area contributed by atoms with Crippen LogP contribution in [0.3, 0.4) is 0 Å². The minimum absolute atomic E-state index is 0.244. The highest BCUT2D eigenvalue weighted by atomic mass is 16.6. The highest BCUT2D eigenvalue weighted by Gasteiger charge is 2.30. The van der Waals surface area contributed by atoms with Crippen molar-refractivity contribution in [2.24, 2.45) is 5.16 Å². The molecule has 1 amide bonds. The van der Waals surface area contributed by atoms with Gasteiger partial charge in [0.25, 0.3) is 5.91 Å². The van der Waals surface area contributed by atoms with Crippen molar-refractivity contribution in [3.05, 3.63) is 41.7 Å². The van der Waals surface area contributed by atoms with Crippen molar-refractivity contribution in [1.82, 2.24) is 9.78 Å². The molecule has 0 bridgehead atoms. The number of hydrogen-bond donors (Lipinski definition) is 1. The van der Waals surface area contributed by atoms with E-state index in [1.807, 2.05) is 49.8 Å². The predicted molar refractivity (Wildman–Crippen MR) is 94.9 cm³/mol. The number of carbonyl (C=O) groups is 1. The van der Waals surface area contributed by atoms with E-state index >= 15 is 0 Å². The molecule has 7 heteroatoms.